The fourth-order valence-corrected chi connectivity index (χ4v) is 2.90. The Hall–Kier alpha value is -2.36. The number of carbonyl (C=O) groups is 1. The Morgan fingerprint density at radius 1 is 1.46 bits per heavy atom. The van der Waals surface area contributed by atoms with Gasteiger partial charge in [-0.2, -0.15) is 5.10 Å². The molecule has 24 heavy (non-hydrogen) atoms. The van der Waals surface area contributed by atoms with Crippen LogP contribution in [0.15, 0.2) is 16.7 Å². The number of nitrogens with zero attached hydrogens (tertiary/aromatic N) is 4. The summed E-state index contributed by atoms with van der Waals surface area (Å²) in [5, 5.41) is 4.32. The Morgan fingerprint density at radius 2 is 2.17 bits per heavy atom. The van der Waals surface area contributed by atoms with Crippen LogP contribution in [-0.4, -0.2) is 42.5 Å². The highest BCUT2D eigenvalue weighted by Gasteiger charge is 2.24. The number of anilines is 1. The number of esters is 1. The van der Waals surface area contributed by atoms with Crippen molar-refractivity contribution in [2.45, 2.75) is 33.4 Å². The predicted octanol–water partition coefficient (Wildman–Crippen LogP) is 1.34. The quantitative estimate of drug-likeness (QED) is 0.689. The molecular formula is C14H20N4O5S. The summed E-state index contributed by atoms with van der Waals surface area (Å²) < 4.78 is 36.8. The first kappa shape index (κ1) is 18.0. The third-order valence-electron chi connectivity index (χ3n) is 3.28. The van der Waals surface area contributed by atoms with Crippen molar-refractivity contribution >= 4 is 21.8 Å². The summed E-state index contributed by atoms with van der Waals surface area (Å²) in [6, 6.07) is 1.68. The van der Waals surface area contributed by atoms with Gasteiger partial charge in [-0.05, 0) is 13.3 Å². The maximum atomic E-state index is 12.1. The molecule has 0 aliphatic heterocycles. The molecule has 2 aromatic heterocycles. The van der Waals surface area contributed by atoms with Gasteiger partial charge in [0.1, 0.15) is 12.8 Å². The van der Waals surface area contributed by atoms with E-state index in [-0.39, 0.29) is 23.9 Å². The third-order valence-corrected chi connectivity index (χ3v) is 4.40. The topological polar surface area (TPSA) is 108 Å². The van der Waals surface area contributed by atoms with Gasteiger partial charge >= 0.3 is 5.97 Å². The number of sulfonamides is 1. The van der Waals surface area contributed by atoms with Crippen molar-refractivity contribution in [3.05, 3.63) is 29.6 Å². The number of aromatic nitrogens is 3. The van der Waals surface area contributed by atoms with Crippen LogP contribution in [0.5, 0.6) is 0 Å². The molecule has 9 nitrogen and oxygen atoms in total. The van der Waals surface area contributed by atoms with E-state index in [1.54, 1.807) is 10.7 Å². The summed E-state index contributed by atoms with van der Waals surface area (Å²) in [7, 11) is -2.38. The van der Waals surface area contributed by atoms with Crippen molar-refractivity contribution in [2.75, 3.05) is 17.7 Å². The van der Waals surface area contributed by atoms with E-state index >= 15 is 0 Å². The highest BCUT2D eigenvalue weighted by Crippen LogP contribution is 2.20. The number of oxazole rings is 1. The second-order valence-electron chi connectivity index (χ2n) is 5.25. The number of ether oxygens (including phenoxy) is 1. The monoisotopic (exact) mass is 356 g/mol. The van der Waals surface area contributed by atoms with Crippen LogP contribution in [0.2, 0.25) is 0 Å². The van der Waals surface area contributed by atoms with Crippen molar-refractivity contribution in [3.8, 4) is 0 Å². The van der Waals surface area contributed by atoms with E-state index in [9.17, 15) is 13.2 Å². The van der Waals surface area contributed by atoms with Gasteiger partial charge < -0.3 is 9.15 Å². The molecule has 0 aliphatic rings. The molecular weight excluding hydrogens is 336 g/mol. The molecule has 0 amide bonds. The first-order valence-corrected chi connectivity index (χ1v) is 9.16. The summed E-state index contributed by atoms with van der Waals surface area (Å²) in [6.07, 6.45) is 3.08. The maximum Gasteiger partial charge on any atom is 0.360 e. The molecule has 0 bridgehead atoms. The number of aryl methyl sites for hydroxylation is 2. The molecule has 0 atom stereocenters. The van der Waals surface area contributed by atoms with Crippen molar-refractivity contribution in [2.24, 2.45) is 0 Å². The van der Waals surface area contributed by atoms with E-state index in [4.69, 9.17) is 4.42 Å². The Balaban J connectivity index is 2.32. The average Bonchev–Trinajstić information content (AvgIpc) is 3.11. The second-order valence-corrected chi connectivity index (χ2v) is 7.16. The van der Waals surface area contributed by atoms with E-state index in [0.717, 1.165) is 28.9 Å². The van der Waals surface area contributed by atoms with Crippen LogP contribution >= 0.6 is 0 Å². The zero-order chi connectivity index (χ0) is 17.9. The van der Waals surface area contributed by atoms with Crippen LogP contribution in [0.1, 0.15) is 35.4 Å². The lowest BCUT2D eigenvalue weighted by Crippen LogP contribution is -2.30. The Kier molecular flexibility index (Phi) is 5.27. The second kappa shape index (κ2) is 7.04. The Bertz CT molecular complexity index is 824. The maximum absolute atomic E-state index is 12.1. The van der Waals surface area contributed by atoms with E-state index < -0.39 is 16.0 Å². The molecule has 0 aromatic carbocycles. The SMILES string of the molecule is CCCn1nc(N(Cc2nc(C(=O)OC)co2)S(C)(=O)=O)cc1C. The molecule has 0 saturated carbocycles. The molecule has 2 heterocycles. The van der Waals surface area contributed by atoms with Crippen molar-refractivity contribution in [3.63, 3.8) is 0 Å². The predicted molar refractivity (Wildman–Crippen MR) is 86.1 cm³/mol. The minimum atomic E-state index is -3.61. The molecule has 132 valence electrons. The normalized spacial score (nSPS) is 11.5. The van der Waals surface area contributed by atoms with Gasteiger partial charge in [0, 0.05) is 18.3 Å². The van der Waals surface area contributed by atoms with Crippen LogP contribution in [0.25, 0.3) is 0 Å². The van der Waals surface area contributed by atoms with Crippen LogP contribution < -0.4 is 4.31 Å². The molecule has 0 unspecified atom stereocenters. The molecule has 2 rings (SSSR count). The zero-order valence-corrected chi connectivity index (χ0v) is 14.8. The number of methoxy groups -OCH3 is 1. The lowest BCUT2D eigenvalue weighted by molar-refractivity contribution is 0.0594. The number of rotatable bonds is 7. The third kappa shape index (κ3) is 3.94. The average molecular weight is 356 g/mol. The highest BCUT2D eigenvalue weighted by atomic mass is 32.2. The minimum Gasteiger partial charge on any atom is -0.464 e. The first-order chi connectivity index (χ1) is 11.3. The molecule has 0 N–H and O–H groups in total. The largest absolute Gasteiger partial charge is 0.464 e. The van der Waals surface area contributed by atoms with Crippen molar-refractivity contribution in [1.29, 1.82) is 0 Å². The van der Waals surface area contributed by atoms with Crippen LogP contribution in [0.3, 0.4) is 0 Å². The van der Waals surface area contributed by atoms with Gasteiger partial charge in [0.05, 0.1) is 13.4 Å². The molecule has 0 radical (unpaired) electrons. The summed E-state index contributed by atoms with van der Waals surface area (Å²) in [5.74, 6) is -0.302. The van der Waals surface area contributed by atoms with E-state index in [1.807, 2.05) is 13.8 Å². The molecule has 0 aliphatic carbocycles. The summed E-state index contributed by atoms with van der Waals surface area (Å²) in [6.45, 7) is 4.39. The number of carbonyl (C=O) groups excluding carboxylic acids is 1. The summed E-state index contributed by atoms with van der Waals surface area (Å²) in [5.41, 5.74) is 0.830. The standard InChI is InChI=1S/C14H20N4O5S/c1-5-6-17-10(2)7-12(16-17)18(24(4,20)21)8-13-15-11(9-23-13)14(19)22-3/h7,9H,5-6,8H2,1-4H3. The van der Waals surface area contributed by atoms with Crippen molar-refractivity contribution < 1.29 is 22.4 Å². The van der Waals surface area contributed by atoms with E-state index in [2.05, 4.69) is 14.8 Å². The van der Waals surface area contributed by atoms with Crippen molar-refractivity contribution in [1.82, 2.24) is 14.8 Å². The molecule has 0 saturated heterocycles. The van der Waals surface area contributed by atoms with Crippen LogP contribution in [0.4, 0.5) is 5.82 Å². The highest BCUT2D eigenvalue weighted by molar-refractivity contribution is 7.92. The minimum absolute atomic E-state index is 0.0198. The van der Waals surface area contributed by atoms with Gasteiger partial charge in [-0.1, -0.05) is 6.92 Å². The van der Waals surface area contributed by atoms with E-state index in [1.165, 1.54) is 7.11 Å². The number of hydrogen-bond acceptors (Lipinski definition) is 7. The number of hydrogen-bond donors (Lipinski definition) is 0. The molecule has 2 aromatic rings. The lowest BCUT2D eigenvalue weighted by atomic mass is 10.4. The van der Waals surface area contributed by atoms with Gasteiger partial charge in [0.15, 0.2) is 11.5 Å². The van der Waals surface area contributed by atoms with Crippen LogP contribution in [-0.2, 0) is 27.8 Å². The molecule has 0 spiro atoms. The summed E-state index contributed by atoms with van der Waals surface area (Å²) >= 11 is 0. The summed E-state index contributed by atoms with van der Waals surface area (Å²) in [4.78, 5) is 15.4. The lowest BCUT2D eigenvalue weighted by Gasteiger charge is -2.17. The van der Waals surface area contributed by atoms with Gasteiger partial charge in [0.25, 0.3) is 0 Å². The van der Waals surface area contributed by atoms with Gasteiger partial charge in [-0.3, -0.25) is 4.68 Å². The van der Waals surface area contributed by atoms with Gasteiger partial charge in [-0.25, -0.2) is 22.5 Å². The first-order valence-electron chi connectivity index (χ1n) is 7.31. The fraction of sp³-hybridized carbons (Fsp3) is 0.500. The van der Waals surface area contributed by atoms with E-state index in [0.29, 0.717) is 6.54 Å². The Morgan fingerprint density at radius 3 is 2.75 bits per heavy atom. The van der Waals surface area contributed by atoms with Gasteiger partial charge in [0.2, 0.25) is 15.9 Å². The molecule has 10 heteroatoms. The molecule has 0 fully saturated rings. The van der Waals surface area contributed by atoms with Crippen LogP contribution in [0, 0.1) is 6.92 Å². The fourth-order valence-electron chi connectivity index (χ4n) is 2.13. The smallest absolute Gasteiger partial charge is 0.360 e. The zero-order valence-electron chi connectivity index (χ0n) is 14.0. The van der Waals surface area contributed by atoms with Gasteiger partial charge in [-0.15, -0.1) is 0 Å². The Labute approximate surface area is 140 Å².